The summed E-state index contributed by atoms with van der Waals surface area (Å²) in [6, 6.07) is 0. The van der Waals surface area contributed by atoms with Crippen LogP contribution in [-0.4, -0.2) is 53.1 Å². The lowest BCUT2D eigenvalue weighted by Crippen LogP contribution is -2.51. The van der Waals surface area contributed by atoms with Crippen molar-refractivity contribution >= 4 is 12.0 Å². The first-order valence-electron chi connectivity index (χ1n) is 4.79. The first kappa shape index (κ1) is 10.8. The van der Waals surface area contributed by atoms with Crippen LogP contribution in [-0.2, 0) is 4.79 Å². The van der Waals surface area contributed by atoms with Gasteiger partial charge in [0.05, 0.1) is 0 Å². The van der Waals surface area contributed by atoms with Crippen LogP contribution in [0.5, 0.6) is 0 Å². The van der Waals surface area contributed by atoms with Gasteiger partial charge in [-0.05, 0) is 0 Å². The molecular formula is C9H16N2O3. The number of hydrogen-bond donors (Lipinski definition) is 1. The van der Waals surface area contributed by atoms with Gasteiger partial charge in [-0.3, -0.25) is 4.79 Å². The number of amides is 2. The van der Waals surface area contributed by atoms with Crippen molar-refractivity contribution in [3.8, 4) is 0 Å². The molecule has 0 unspecified atom stereocenters. The van der Waals surface area contributed by atoms with Crippen molar-refractivity contribution < 1.29 is 14.7 Å². The van der Waals surface area contributed by atoms with Crippen LogP contribution in [0.2, 0.25) is 0 Å². The second-order valence-corrected chi connectivity index (χ2v) is 3.75. The Morgan fingerprint density at radius 3 is 1.86 bits per heavy atom. The number of nitrogens with zero attached hydrogens (tertiary/aromatic N) is 2. The molecule has 0 aromatic heterocycles. The van der Waals surface area contributed by atoms with E-state index in [9.17, 15) is 9.59 Å². The van der Waals surface area contributed by atoms with Gasteiger partial charge in [-0.25, -0.2) is 4.79 Å². The SMILES string of the molecule is CC(C)C(=O)N1CCN(C(=O)O)CC1. The molecule has 1 rings (SSSR count). The van der Waals surface area contributed by atoms with Crippen LogP contribution >= 0.6 is 0 Å². The van der Waals surface area contributed by atoms with E-state index in [1.165, 1.54) is 4.90 Å². The fourth-order valence-electron chi connectivity index (χ4n) is 1.48. The maximum atomic E-state index is 11.5. The second kappa shape index (κ2) is 4.30. The van der Waals surface area contributed by atoms with Crippen molar-refractivity contribution in [3.63, 3.8) is 0 Å². The van der Waals surface area contributed by atoms with Gasteiger partial charge >= 0.3 is 6.09 Å². The van der Waals surface area contributed by atoms with E-state index in [0.29, 0.717) is 26.2 Å². The van der Waals surface area contributed by atoms with Gasteiger partial charge in [0.1, 0.15) is 0 Å². The molecule has 0 aromatic rings. The van der Waals surface area contributed by atoms with Crippen LogP contribution in [0.1, 0.15) is 13.8 Å². The summed E-state index contributed by atoms with van der Waals surface area (Å²) in [6.45, 7) is 5.59. The second-order valence-electron chi connectivity index (χ2n) is 3.75. The van der Waals surface area contributed by atoms with Gasteiger partial charge in [0, 0.05) is 32.1 Å². The third-order valence-electron chi connectivity index (χ3n) is 2.36. The van der Waals surface area contributed by atoms with Crippen LogP contribution in [0, 0.1) is 5.92 Å². The standard InChI is InChI=1S/C9H16N2O3/c1-7(2)8(12)10-3-5-11(6-4-10)9(13)14/h7H,3-6H2,1-2H3,(H,13,14). The van der Waals surface area contributed by atoms with E-state index in [1.54, 1.807) is 4.90 Å². The Morgan fingerprint density at radius 2 is 1.50 bits per heavy atom. The molecule has 0 aliphatic carbocycles. The summed E-state index contributed by atoms with van der Waals surface area (Å²) in [6.07, 6.45) is -0.901. The molecule has 2 amide bonds. The summed E-state index contributed by atoms with van der Waals surface area (Å²) in [4.78, 5) is 25.2. The number of carboxylic acid groups (broad SMARTS) is 1. The Balaban J connectivity index is 2.43. The maximum absolute atomic E-state index is 11.5. The van der Waals surface area contributed by atoms with E-state index in [-0.39, 0.29) is 11.8 Å². The van der Waals surface area contributed by atoms with E-state index < -0.39 is 6.09 Å². The molecule has 1 N–H and O–H groups in total. The van der Waals surface area contributed by atoms with Gasteiger partial charge in [-0.1, -0.05) is 13.8 Å². The summed E-state index contributed by atoms with van der Waals surface area (Å²) < 4.78 is 0. The predicted molar refractivity (Wildman–Crippen MR) is 51.0 cm³/mol. The quantitative estimate of drug-likeness (QED) is 0.669. The van der Waals surface area contributed by atoms with Crippen LogP contribution < -0.4 is 0 Å². The van der Waals surface area contributed by atoms with Crippen molar-refractivity contribution in [3.05, 3.63) is 0 Å². The number of carbonyl (C=O) groups is 2. The van der Waals surface area contributed by atoms with Crippen LogP contribution in [0.15, 0.2) is 0 Å². The number of carbonyl (C=O) groups excluding carboxylic acids is 1. The van der Waals surface area contributed by atoms with Crippen molar-refractivity contribution in [1.29, 1.82) is 0 Å². The lowest BCUT2D eigenvalue weighted by molar-refractivity contribution is -0.136. The minimum absolute atomic E-state index is 0.00798. The molecular weight excluding hydrogens is 184 g/mol. The van der Waals surface area contributed by atoms with Crippen molar-refractivity contribution in [2.45, 2.75) is 13.8 Å². The van der Waals surface area contributed by atoms with Gasteiger partial charge in [0.2, 0.25) is 5.91 Å². The molecule has 80 valence electrons. The summed E-state index contributed by atoms with van der Waals surface area (Å²) in [5, 5.41) is 8.69. The minimum Gasteiger partial charge on any atom is -0.465 e. The van der Waals surface area contributed by atoms with Crippen LogP contribution in [0.4, 0.5) is 4.79 Å². The Morgan fingerprint density at radius 1 is 1.07 bits per heavy atom. The molecule has 0 saturated carbocycles. The van der Waals surface area contributed by atoms with Crippen molar-refractivity contribution in [2.24, 2.45) is 5.92 Å². The zero-order chi connectivity index (χ0) is 10.7. The highest BCUT2D eigenvalue weighted by molar-refractivity contribution is 5.78. The smallest absolute Gasteiger partial charge is 0.407 e. The summed E-state index contributed by atoms with van der Waals surface area (Å²) in [5.74, 6) is 0.0985. The van der Waals surface area contributed by atoms with Crippen molar-refractivity contribution in [2.75, 3.05) is 26.2 Å². The molecule has 1 aliphatic heterocycles. The summed E-state index contributed by atoms with van der Waals surface area (Å²) in [5.41, 5.74) is 0. The normalized spacial score (nSPS) is 17.4. The first-order valence-corrected chi connectivity index (χ1v) is 4.79. The number of hydrogen-bond acceptors (Lipinski definition) is 2. The average Bonchev–Trinajstić information content (AvgIpc) is 2.16. The van der Waals surface area contributed by atoms with E-state index in [4.69, 9.17) is 5.11 Å². The molecule has 1 saturated heterocycles. The third-order valence-corrected chi connectivity index (χ3v) is 2.36. The highest BCUT2D eigenvalue weighted by Crippen LogP contribution is 2.06. The molecule has 14 heavy (non-hydrogen) atoms. The lowest BCUT2D eigenvalue weighted by Gasteiger charge is -2.34. The summed E-state index contributed by atoms with van der Waals surface area (Å²) >= 11 is 0. The lowest BCUT2D eigenvalue weighted by atomic mass is 10.1. The number of piperazine rings is 1. The Kier molecular flexibility index (Phi) is 3.33. The molecule has 0 spiro atoms. The number of rotatable bonds is 1. The molecule has 0 radical (unpaired) electrons. The molecule has 5 heteroatoms. The Hall–Kier alpha value is -1.26. The third kappa shape index (κ3) is 2.37. The van der Waals surface area contributed by atoms with Gasteiger partial charge in [0.25, 0.3) is 0 Å². The molecule has 1 heterocycles. The fraction of sp³-hybridized carbons (Fsp3) is 0.778. The highest BCUT2D eigenvalue weighted by atomic mass is 16.4. The Bertz CT molecular complexity index is 232. The average molecular weight is 200 g/mol. The van der Waals surface area contributed by atoms with Gasteiger partial charge in [-0.2, -0.15) is 0 Å². The van der Waals surface area contributed by atoms with Gasteiger partial charge in [-0.15, -0.1) is 0 Å². The first-order chi connectivity index (χ1) is 6.52. The monoisotopic (exact) mass is 200 g/mol. The zero-order valence-electron chi connectivity index (χ0n) is 8.56. The predicted octanol–water partition coefficient (Wildman–Crippen LogP) is 0.465. The summed E-state index contributed by atoms with van der Waals surface area (Å²) in [7, 11) is 0. The van der Waals surface area contributed by atoms with E-state index in [0.717, 1.165) is 0 Å². The Labute approximate surface area is 83.3 Å². The zero-order valence-corrected chi connectivity index (χ0v) is 8.56. The van der Waals surface area contributed by atoms with Gasteiger partial charge in [0.15, 0.2) is 0 Å². The molecule has 0 atom stereocenters. The maximum Gasteiger partial charge on any atom is 0.407 e. The largest absolute Gasteiger partial charge is 0.465 e. The van der Waals surface area contributed by atoms with Crippen LogP contribution in [0.25, 0.3) is 0 Å². The van der Waals surface area contributed by atoms with Crippen molar-refractivity contribution in [1.82, 2.24) is 9.80 Å². The van der Waals surface area contributed by atoms with E-state index in [2.05, 4.69) is 0 Å². The highest BCUT2D eigenvalue weighted by Gasteiger charge is 2.24. The molecule has 1 fully saturated rings. The molecule has 5 nitrogen and oxygen atoms in total. The van der Waals surface area contributed by atoms with E-state index >= 15 is 0 Å². The minimum atomic E-state index is -0.901. The van der Waals surface area contributed by atoms with Crippen LogP contribution in [0.3, 0.4) is 0 Å². The fourth-order valence-corrected chi connectivity index (χ4v) is 1.48. The molecule has 0 aromatic carbocycles. The van der Waals surface area contributed by atoms with Gasteiger partial charge < -0.3 is 14.9 Å². The topological polar surface area (TPSA) is 60.9 Å². The molecule has 0 bridgehead atoms. The molecule has 1 aliphatic rings. The van der Waals surface area contributed by atoms with E-state index in [1.807, 2.05) is 13.8 Å².